The van der Waals surface area contributed by atoms with Crippen molar-refractivity contribution in [3.63, 3.8) is 0 Å². The molecule has 7 heteroatoms. The minimum atomic E-state index is -0.700. The van der Waals surface area contributed by atoms with E-state index in [9.17, 15) is 9.59 Å². The lowest BCUT2D eigenvalue weighted by Gasteiger charge is -2.24. The van der Waals surface area contributed by atoms with Gasteiger partial charge in [0.25, 0.3) is 5.91 Å². The topological polar surface area (TPSA) is 66.1 Å². The molecule has 3 heterocycles. The van der Waals surface area contributed by atoms with Crippen LogP contribution in [-0.2, 0) is 9.59 Å². The zero-order valence-corrected chi connectivity index (χ0v) is 19.4. The van der Waals surface area contributed by atoms with Gasteiger partial charge in [-0.05, 0) is 79.5 Å². The van der Waals surface area contributed by atoms with Crippen LogP contribution in [0.1, 0.15) is 37.7 Å². The summed E-state index contributed by atoms with van der Waals surface area (Å²) in [6.45, 7) is 1.88. The lowest BCUT2D eigenvalue weighted by atomic mass is 10.0. The molecule has 0 N–H and O–H groups in total. The molecule has 3 fully saturated rings. The van der Waals surface area contributed by atoms with E-state index in [-0.39, 0.29) is 29.5 Å². The third-order valence-corrected chi connectivity index (χ3v) is 7.90. The average molecular weight is 472 g/mol. The zero-order valence-electron chi connectivity index (χ0n) is 19.4. The highest BCUT2D eigenvalue weighted by atomic mass is 19.1. The number of halogens is 1. The van der Waals surface area contributed by atoms with Crippen LogP contribution in [0.2, 0.25) is 0 Å². The SMILES string of the molecule is O=C(C1CC1)N1CC[C@@H](CN2C(=O)C3(CC3)N=C2c2ccc(-c3ccc4occc4c3)cc2F)C1. The molecule has 7 rings (SSSR count). The summed E-state index contributed by atoms with van der Waals surface area (Å²) >= 11 is 0. The molecule has 1 aromatic heterocycles. The molecule has 2 aliphatic carbocycles. The van der Waals surface area contributed by atoms with E-state index in [2.05, 4.69) is 0 Å². The predicted molar refractivity (Wildman–Crippen MR) is 129 cm³/mol. The van der Waals surface area contributed by atoms with Crippen molar-refractivity contribution in [3.05, 3.63) is 60.1 Å². The second-order valence-electron chi connectivity index (χ2n) is 10.5. The molecule has 2 aliphatic heterocycles. The molecule has 0 unspecified atom stereocenters. The van der Waals surface area contributed by atoms with Crippen LogP contribution in [0, 0.1) is 17.7 Å². The number of carbonyl (C=O) groups excluding carboxylic acids is 2. The standard InChI is InChI=1S/C28H26FN3O3/c29-23-14-20(19-4-6-24-21(13-19)8-12-35-24)3-5-22(23)25-30-28(9-10-28)27(34)32(25)16-17-7-11-31(15-17)26(33)18-1-2-18/h3-6,8,12-14,17-18H,1-2,7,9-11,15-16H2/t17-/m1/s1. The number of amidine groups is 1. The highest BCUT2D eigenvalue weighted by Crippen LogP contribution is 2.46. The molecule has 2 amide bonds. The first kappa shape index (κ1) is 20.9. The fourth-order valence-electron chi connectivity index (χ4n) is 5.53. The minimum absolute atomic E-state index is 0.0200. The summed E-state index contributed by atoms with van der Waals surface area (Å²) in [7, 11) is 0. The van der Waals surface area contributed by atoms with Crippen molar-refractivity contribution < 1.29 is 18.4 Å². The van der Waals surface area contributed by atoms with Crippen LogP contribution in [0.25, 0.3) is 22.1 Å². The summed E-state index contributed by atoms with van der Waals surface area (Å²) in [6, 6.07) is 12.8. The molecule has 2 aromatic carbocycles. The van der Waals surface area contributed by atoms with Crippen LogP contribution in [0.4, 0.5) is 4.39 Å². The second kappa shape index (κ2) is 7.51. The first-order valence-corrected chi connectivity index (χ1v) is 12.5. The number of rotatable bonds is 5. The number of likely N-dealkylation sites (tertiary alicyclic amines) is 1. The largest absolute Gasteiger partial charge is 0.464 e. The van der Waals surface area contributed by atoms with E-state index < -0.39 is 5.54 Å². The lowest BCUT2D eigenvalue weighted by Crippen LogP contribution is -2.41. The zero-order chi connectivity index (χ0) is 23.7. The van der Waals surface area contributed by atoms with E-state index in [1.807, 2.05) is 35.2 Å². The number of aliphatic imine (C=N–C) groups is 1. The number of fused-ring (bicyclic) bond motifs is 1. The van der Waals surface area contributed by atoms with Crippen molar-refractivity contribution in [2.45, 2.75) is 37.6 Å². The van der Waals surface area contributed by atoms with Gasteiger partial charge >= 0.3 is 0 Å². The van der Waals surface area contributed by atoms with Crippen molar-refractivity contribution in [1.29, 1.82) is 0 Å². The van der Waals surface area contributed by atoms with E-state index in [1.165, 1.54) is 6.07 Å². The third-order valence-electron chi connectivity index (χ3n) is 7.90. The molecule has 0 bridgehead atoms. The maximum Gasteiger partial charge on any atom is 0.256 e. The highest BCUT2D eigenvalue weighted by Gasteiger charge is 2.58. The molecule has 3 aromatic rings. The molecule has 0 radical (unpaired) electrons. The summed E-state index contributed by atoms with van der Waals surface area (Å²) in [5.74, 6) is 0.673. The van der Waals surface area contributed by atoms with Crippen molar-refractivity contribution in [3.8, 4) is 11.1 Å². The van der Waals surface area contributed by atoms with Crippen LogP contribution in [-0.4, -0.2) is 52.6 Å². The number of hydrogen-bond donors (Lipinski definition) is 0. The van der Waals surface area contributed by atoms with Crippen molar-refractivity contribution in [2.24, 2.45) is 16.8 Å². The van der Waals surface area contributed by atoms with Gasteiger partial charge in [-0.25, -0.2) is 4.39 Å². The minimum Gasteiger partial charge on any atom is -0.464 e. The Morgan fingerprint density at radius 3 is 2.66 bits per heavy atom. The monoisotopic (exact) mass is 471 g/mol. The van der Waals surface area contributed by atoms with Crippen LogP contribution < -0.4 is 0 Å². The number of carbonyl (C=O) groups is 2. The van der Waals surface area contributed by atoms with Crippen LogP contribution in [0.5, 0.6) is 0 Å². The second-order valence-corrected chi connectivity index (χ2v) is 10.5. The molecular weight excluding hydrogens is 445 g/mol. The van der Waals surface area contributed by atoms with E-state index in [4.69, 9.17) is 9.41 Å². The normalized spacial score (nSPS) is 22.9. The van der Waals surface area contributed by atoms with Gasteiger partial charge in [-0.3, -0.25) is 19.5 Å². The molecule has 2 saturated carbocycles. The molecule has 4 aliphatic rings. The molecule has 35 heavy (non-hydrogen) atoms. The number of nitrogens with zero attached hydrogens (tertiary/aromatic N) is 3. The Labute approximate surface area is 202 Å². The van der Waals surface area contributed by atoms with Crippen LogP contribution in [0.15, 0.2) is 58.1 Å². The maximum absolute atomic E-state index is 15.5. The average Bonchev–Trinajstić information content (AvgIpc) is 3.74. The Kier molecular flexibility index (Phi) is 4.47. The lowest BCUT2D eigenvalue weighted by molar-refractivity contribution is -0.131. The highest BCUT2D eigenvalue weighted by molar-refractivity contribution is 6.16. The summed E-state index contributed by atoms with van der Waals surface area (Å²) in [5, 5.41) is 0.963. The molecule has 1 saturated heterocycles. The van der Waals surface area contributed by atoms with Crippen molar-refractivity contribution in [2.75, 3.05) is 19.6 Å². The molecular formula is C28H26FN3O3. The smallest absolute Gasteiger partial charge is 0.256 e. The van der Waals surface area contributed by atoms with E-state index >= 15 is 4.39 Å². The van der Waals surface area contributed by atoms with Gasteiger partial charge in [0.05, 0.1) is 11.8 Å². The number of furan rings is 1. The number of hydrogen-bond acceptors (Lipinski definition) is 4. The maximum atomic E-state index is 15.5. The number of benzene rings is 2. The van der Waals surface area contributed by atoms with Crippen molar-refractivity contribution in [1.82, 2.24) is 9.80 Å². The Morgan fingerprint density at radius 2 is 1.89 bits per heavy atom. The van der Waals surface area contributed by atoms with E-state index in [0.717, 1.165) is 47.9 Å². The van der Waals surface area contributed by atoms with Gasteiger partial charge in [0, 0.05) is 30.9 Å². The molecule has 1 atom stereocenters. The molecule has 6 nitrogen and oxygen atoms in total. The van der Waals surface area contributed by atoms with Gasteiger partial charge in [-0.1, -0.05) is 12.1 Å². The van der Waals surface area contributed by atoms with Gasteiger partial charge in [-0.2, -0.15) is 0 Å². The fraction of sp³-hybridized carbons (Fsp3) is 0.393. The number of amides is 2. The first-order chi connectivity index (χ1) is 17.0. The van der Waals surface area contributed by atoms with Gasteiger partial charge in [0.15, 0.2) is 0 Å². The first-order valence-electron chi connectivity index (χ1n) is 12.5. The fourth-order valence-corrected chi connectivity index (χ4v) is 5.53. The summed E-state index contributed by atoms with van der Waals surface area (Å²) < 4.78 is 20.9. The predicted octanol–water partition coefficient (Wildman–Crippen LogP) is 4.62. The third kappa shape index (κ3) is 3.48. The molecule has 178 valence electrons. The Bertz CT molecular complexity index is 1400. The Balaban J connectivity index is 1.15. The summed E-state index contributed by atoms with van der Waals surface area (Å²) in [5.41, 5.74) is 2.11. The van der Waals surface area contributed by atoms with E-state index in [1.54, 1.807) is 17.2 Å². The van der Waals surface area contributed by atoms with E-state index in [0.29, 0.717) is 37.3 Å². The Hall–Kier alpha value is -3.48. The van der Waals surface area contributed by atoms with Crippen molar-refractivity contribution >= 4 is 28.6 Å². The molecule has 1 spiro atoms. The summed E-state index contributed by atoms with van der Waals surface area (Å²) in [4.78, 5) is 34.2. The van der Waals surface area contributed by atoms with Gasteiger partial charge < -0.3 is 9.32 Å². The van der Waals surface area contributed by atoms with Crippen LogP contribution in [0.3, 0.4) is 0 Å². The van der Waals surface area contributed by atoms with Gasteiger partial charge in [0.2, 0.25) is 5.91 Å². The Morgan fingerprint density at radius 1 is 1.09 bits per heavy atom. The van der Waals surface area contributed by atoms with Gasteiger partial charge in [-0.15, -0.1) is 0 Å². The van der Waals surface area contributed by atoms with Gasteiger partial charge in [0.1, 0.15) is 22.8 Å². The van der Waals surface area contributed by atoms with Crippen LogP contribution >= 0.6 is 0 Å². The summed E-state index contributed by atoms with van der Waals surface area (Å²) in [6.07, 6.45) is 5.92. The quantitative estimate of drug-likeness (QED) is 0.546.